The number of fused-ring (bicyclic) bond motifs is 1. The number of aromatic amines is 1. The van der Waals surface area contributed by atoms with Crippen molar-refractivity contribution in [1.29, 1.82) is 0 Å². The van der Waals surface area contributed by atoms with E-state index in [1.807, 2.05) is 61.5 Å². The quantitative estimate of drug-likeness (QED) is 0.446. The number of aromatic nitrogens is 1. The molecule has 1 aromatic heterocycles. The van der Waals surface area contributed by atoms with Crippen molar-refractivity contribution in [3.8, 4) is 0 Å². The highest BCUT2D eigenvalue weighted by Crippen LogP contribution is 2.19. The predicted molar refractivity (Wildman–Crippen MR) is 107 cm³/mol. The highest BCUT2D eigenvalue weighted by Gasteiger charge is 2.07. The molecule has 0 unspecified atom stereocenters. The van der Waals surface area contributed by atoms with Crippen LogP contribution in [0.4, 0.5) is 0 Å². The third kappa shape index (κ3) is 5.04. The highest BCUT2D eigenvalue weighted by atomic mass is 16.2. The molecule has 0 saturated carbocycles. The minimum Gasteiger partial charge on any atom is -0.358 e. The van der Waals surface area contributed by atoms with Gasteiger partial charge in [0.1, 0.15) is 0 Å². The summed E-state index contributed by atoms with van der Waals surface area (Å²) in [4.78, 5) is 27.0. The molecule has 0 aliphatic heterocycles. The normalized spacial score (nSPS) is 11.0. The number of hydrogen-bond acceptors (Lipinski definition) is 3. The second-order valence-corrected chi connectivity index (χ2v) is 6.26. The number of rotatable bonds is 7. The third-order valence-electron chi connectivity index (χ3n) is 4.26. The topological polar surface area (TPSA) is 86.3 Å². The van der Waals surface area contributed by atoms with E-state index in [-0.39, 0.29) is 18.4 Å². The summed E-state index contributed by atoms with van der Waals surface area (Å²) >= 11 is 0. The minimum atomic E-state index is -0.364. The fourth-order valence-corrected chi connectivity index (χ4v) is 2.84. The smallest absolute Gasteiger partial charge is 0.259 e. The Hall–Kier alpha value is -3.41. The predicted octanol–water partition coefficient (Wildman–Crippen LogP) is 2.68. The van der Waals surface area contributed by atoms with Gasteiger partial charge >= 0.3 is 0 Å². The zero-order valence-electron chi connectivity index (χ0n) is 15.2. The number of amides is 2. The van der Waals surface area contributed by atoms with Gasteiger partial charge in [0.05, 0.1) is 12.8 Å². The van der Waals surface area contributed by atoms with Crippen molar-refractivity contribution >= 4 is 28.9 Å². The van der Waals surface area contributed by atoms with Gasteiger partial charge < -0.3 is 10.3 Å². The first-order chi connectivity index (χ1) is 13.1. The number of nitrogens with zero attached hydrogens (tertiary/aromatic N) is 1. The van der Waals surface area contributed by atoms with Crippen molar-refractivity contribution in [2.75, 3.05) is 6.54 Å². The van der Waals surface area contributed by atoms with Gasteiger partial charge in [0.25, 0.3) is 5.91 Å². The molecular formula is C21H22N4O2. The van der Waals surface area contributed by atoms with Crippen LogP contribution < -0.4 is 10.7 Å². The van der Waals surface area contributed by atoms with E-state index in [1.165, 1.54) is 0 Å². The van der Waals surface area contributed by atoms with Crippen LogP contribution in [0.5, 0.6) is 0 Å². The summed E-state index contributed by atoms with van der Waals surface area (Å²) in [7, 11) is 0. The number of benzene rings is 2. The van der Waals surface area contributed by atoms with Crippen molar-refractivity contribution in [1.82, 2.24) is 15.7 Å². The summed E-state index contributed by atoms with van der Waals surface area (Å²) < 4.78 is 0. The van der Waals surface area contributed by atoms with Gasteiger partial charge in [-0.25, -0.2) is 5.43 Å². The van der Waals surface area contributed by atoms with E-state index in [0.717, 1.165) is 27.7 Å². The van der Waals surface area contributed by atoms with Gasteiger partial charge in [0, 0.05) is 28.6 Å². The number of aryl methyl sites for hydroxylation is 2. The van der Waals surface area contributed by atoms with Crippen LogP contribution >= 0.6 is 0 Å². The molecule has 0 aliphatic rings. The van der Waals surface area contributed by atoms with Crippen LogP contribution in [0.3, 0.4) is 0 Å². The van der Waals surface area contributed by atoms with Crippen LogP contribution in [-0.4, -0.2) is 29.6 Å². The van der Waals surface area contributed by atoms with E-state index in [9.17, 15) is 9.59 Å². The Morgan fingerprint density at radius 2 is 1.78 bits per heavy atom. The first kappa shape index (κ1) is 18.4. The molecule has 6 nitrogen and oxygen atoms in total. The molecule has 0 saturated heterocycles. The van der Waals surface area contributed by atoms with E-state index < -0.39 is 0 Å². The second-order valence-electron chi connectivity index (χ2n) is 6.26. The summed E-state index contributed by atoms with van der Waals surface area (Å²) in [5, 5.41) is 7.65. The van der Waals surface area contributed by atoms with E-state index in [2.05, 4.69) is 20.8 Å². The molecule has 2 aromatic carbocycles. The van der Waals surface area contributed by atoms with E-state index >= 15 is 0 Å². The molecule has 3 N–H and O–H groups in total. The molecule has 0 radical (unpaired) electrons. The van der Waals surface area contributed by atoms with Gasteiger partial charge in [-0.05, 0) is 25.0 Å². The molecule has 27 heavy (non-hydrogen) atoms. The average Bonchev–Trinajstić information content (AvgIpc) is 3.01. The van der Waals surface area contributed by atoms with Crippen LogP contribution in [0.1, 0.15) is 23.2 Å². The van der Waals surface area contributed by atoms with Crippen molar-refractivity contribution < 1.29 is 9.59 Å². The number of nitrogens with one attached hydrogen (secondary N) is 3. The molecule has 6 heteroatoms. The lowest BCUT2D eigenvalue weighted by atomic mass is 10.1. The van der Waals surface area contributed by atoms with Crippen molar-refractivity contribution in [3.63, 3.8) is 0 Å². The van der Waals surface area contributed by atoms with Gasteiger partial charge in [-0.2, -0.15) is 5.10 Å². The Labute approximate surface area is 157 Å². The summed E-state index contributed by atoms with van der Waals surface area (Å²) in [6.07, 6.45) is 2.60. The summed E-state index contributed by atoms with van der Waals surface area (Å²) in [5.74, 6) is -0.526. The van der Waals surface area contributed by atoms with E-state index in [1.54, 1.807) is 6.21 Å². The maximum atomic E-state index is 11.9. The molecule has 0 bridgehead atoms. The monoisotopic (exact) mass is 362 g/mol. The van der Waals surface area contributed by atoms with E-state index in [0.29, 0.717) is 12.8 Å². The number of para-hydroxylation sites is 1. The Morgan fingerprint density at radius 3 is 2.59 bits per heavy atom. The molecule has 0 fully saturated rings. The molecular weight excluding hydrogens is 340 g/mol. The molecule has 0 aliphatic carbocycles. The molecule has 3 rings (SSSR count). The Bertz CT molecular complexity index is 961. The largest absolute Gasteiger partial charge is 0.358 e. The lowest BCUT2D eigenvalue weighted by Crippen LogP contribution is -2.35. The molecule has 2 amide bonds. The van der Waals surface area contributed by atoms with Gasteiger partial charge in [0.2, 0.25) is 5.91 Å². The second kappa shape index (κ2) is 8.80. The number of H-pyrrole nitrogens is 1. The zero-order valence-corrected chi connectivity index (χ0v) is 15.2. The number of carbonyl (C=O) groups is 2. The van der Waals surface area contributed by atoms with Gasteiger partial charge in [0.15, 0.2) is 0 Å². The van der Waals surface area contributed by atoms with Crippen LogP contribution in [-0.2, 0) is 16.0 Å². The van der Waals surface area contributed by atoms with Crippen molar-refractivity contribution in [2.45, 2.75) is 19.8 Å². The lowest BCUT2D eigenvalue weighted by Gasteiger charge is -2.04. The Balaban J connectivity index is 1.44. The fourth-order valence-electron chi connectivity index (χ4n) is 2.84. The molecule has 1 heterocycles. The van der Waals surface area contributed by atoms with Gasteiger partial charge in [-0.15, -0.1) is 0 Å². The highest BCUT2D eigenvalue weighted by molar-refractivity contribution is 6.00. The summed E-state index contributed by atoms with van der Waals surface area (Å²) in [6.45, 7) is 1.86. The fraction of sp³-hybridized carbons (Fsp3) is 0.190. The van der Waals surface area contributed by atoms with Crippen LogP contribution in [0, 0.1) is 6.92 Å². The van der Waals surface area contributed by atoms with Crippen LogP contribution in [0.2, 0.25) is 0 Å². The zero-order chi connectivity index (χ0) is 19.1. The molecule has 0 spiro atoms. The van der Waals surface area contributed by atoms with Crippen molar-refractivity contribution in [3.05, 3.63) is 71.4 Å². The summed E-state index contributed by atoms with van der Waals surface area (Å²) in [6, 6.07) is 17.7. The number of carbonyl (C=O) groups excluding carboxylic acids is 2. The maximum Gasteiger partial charge on any atom is 0.259 e. The van der Waals surface area contributed by atoms with Gasteiger partial charge in [-0.1, -0.05) is 48.5 Å². The average molecular weight is 362 g/mol. The van der Waals surface area contributed by atoms with Gasteiger partial charge in [-0.3, -0.25) is 9.59 Å². The molecule has 138 valence electrons. The standard InChI is InChI=1S/C21H22N4O2/c1-15-18(17-9-5-6-10-19(17)24-15)13-23-25-21(27)14-22-20(26)12-11-16-7-3-2-4-8-16/h2-10,13,24H,11-12,14H2,1H3,(H,22,26)(H,25,27). The first-order valence-electron chi connectivity index (χ1n) is 8.83. The maximum absolute atomic E-state index is 11.9. The van der Waals surface area contributed by atoms with Crippen LogP contribution in [0.15, 0.2) is 59.7 Å². The SMILES string of the molecule is Cc1[nH]c2ccccc2c1C=NNC(=O)CNC(=O)CCc1ccccc1. The van der Waals surface area contributed by atoms with Crippen LogP contribution in [0.25, 0.3) is 10.9 Å². The molecule has 3 aromatic rings. The lowest BCUT2D eigenvalue weighted by molar-refractivity contribution is -0.126. The molecule has 0 atom stereocenters. The summed E-state index contributed by atoms with van der Waals surface area (Å²) in [5.41, 5.74) is 6.46. The first-order valence-corrected chi connectivity index (χ1v) is 8.83. The number of hydrazone groups is 1. The van der Waals surface area contributed by atoms with E-state index in [4.69, 9.17) is 0 Å². The number of hydrogen-bond donors (Lipinski definition) is 3. The van der Waals surface area contributed by atoms with Crippen molar-refractivity contribution in [2.24, 2.45) is 5.10 Å². The Kier molecular flexibility index (Phi) is 5.99. The third-order valence-corrected chi connectivity index (χ3v) is 4.26. The minimum absolute atomic E-state index is 0.0994. The Morgan fingerprint density at radius 1 is 1.04 bits per heavy atom.